The minimum absolute atomic E-state index is 0.417. The predicted octanol–water partition coefficient (Wildman–Crippen LogP) is 1.89. The first-order chi connectivity index (χ1) is 9.60. The first kappa shape index (κ1) is 15.3. The molecule has 0 bridgehead atoms. The van der Waals surface area contributed by atoms with Crippen LogP contribution >= 0.6 is 0 Å². The van der Waals surface area contributed by atoms with Crippen molar-refractivity contribution >= 4 is 0 Å². The third-order valence-corrected chi connectivity index (χ3v) is 4.28. The second-order valence-corrected chi connectivity index (χ2v) is 5.77. The first-order valence-corrected chi connectivity index (χ1v) is 7.35. The summed E-state index contributed by atoms with van der Waals surface area (Å²) in [5.41, 5.74) is 1.34. The Morgan fingerprint density at radius 3 is 2.30 bits per heavy atom. The van der Waals surface area contributed by atoms with Gasteiger partial charge < -0.3 is 9.64 Å². The summed E-state index contributed by atoms with van der Waals surface area (Å²) in [5.74, 6) is 0.919. The van der Waals surface area contributed by atoms with Gasteiger partial charge in [0, 0.05) is 32.2 Å². The van der Waals surface area contributed by atoms with Gasteiger partial charge in [-0.2, -0.15) is 0 Å². The van der Waals surface area contributed by atoms with E-state index in [-0.39, 0.29) is 0 Å². The molecule has 112 valence electrons. The van der Waals surface area contributed by atoms with E-state index in [1.807, 2.05) is 12.1 Å². The molecule has 0 saturated carbocycles. The monoisotopic (exact) mass is 277 g/mol. The molecule has 20 heavy (non-hydrogen) atoms. The van der Waals surface area contributed by atoms with E-state index in [2.05, 4.69) is 47.9 Å². The van der Waals surface area contributed by atoms with Gasteiger partial charge in [0.1, 0.15) is 5.75 Å². The maximum Gasteiger partial charge on any atom is 0.118 e. The quantitative estimate of drug-likeness (QED) is 0.818. The summed E-state index contributed by atoms with van der Waals surface area (Å²) in [5, 5.41) is 0. The first-order valence-electron chi connectivity index (χ1n) is 7.35. The van der Waals surface area contributed by atoms with Crippen molar-refractivity contribution in [2.75, 3.05) is 54.1 Å². The molecule has 1 aliphatic rings. The van der Waals surface area contributed by atoms with E-state index < -0.39 is 0 Å². The van der Waals surface area contributed by atoms with Gasteiger partial charge in [-0.3, -0.25) is 9.80 Å². The highest BCUT2D eigenvalue weighted by Crippen LogP contribution is 2.21. The summed E-state index contributed by atoms with van der Waals surface area (Å²) >= 11 is 0. The number of hydrogen-bond acceptors (Lipinski definition) is 4. The molecule has 1 atom stereocenters. The van der Waals surface area contributed by atoms with Crippen LogP contribution in [0.4, 0.5) is 0 Å². The predicted molar refractivity (Wildman–Crippen MR) is 83.1 cm³/mol. The molecule has 0 unspecified atom stereocenters. The van der Waals surface area contributed by atoms with Crippen LogP contribution < -0.4 is 4.74 Å². The zero-order valence-electron chi connectivity index (χ0n) is 13.2. The molecule has 1 heterocycles. The van der Waals surface area contributed by atoms with Crippen LogP contribution in [0.3, 0.4) is 0 Å². The fourth-order valence-electron chi connectivity index (χ4n) is 2.56. The highest BCUT2D eigenvalue weighted by Gasteiger charge is 2.18. The van der Waals surface area contributed by atoms with Crippen LogP contribution in [0.2, 0.25) is 0 Å². The Labute approximate surface area is 122 Å². The smallest absolute Gasteiger partial charge is 0.118 e. The Hall–Kier alpha value is -1.10. The van der Waals surface area contributed by atoms with E-state index in [1.165, 1.54) is 18.7 Å². The molecule has 0 aliphatic carbocycles. The number of ether oxygens (including phenoxy) is 1. The third-order valence-electron chi connectivity index (χ3n) is 4.28. The molecule has 0 amide bonds. The number of nitrogens with zero attached hydrogens (tertiary/aromatic N) is 3. The van der Waals surface area contributed by atoms with Crippen LogP contribution in [-0.2, 0) is 0 Å². The number of benzene rings is 1. The molecule has 4 heteroatoms. The lowest BCUT2D eigenvalue weighted by atomic mass is 10.1. The van der Waals surface area contributed by atoms with Crippen LogP contribution in [0.1, 0.15) is 18.5 Å². The number of piperazine rings is 1. The molecular weight excluding hydrogens is 250 g/mol. The molecule has 1 fully saturated rings. The molecule has 0 spiro atoms. The maximum atomic E-state index is 5.21. The largest absolute Gasteiger partial charge is 0.497 e. The Morgan fingerprint density at radius 2 is 1.75 bits per heavy atom. The molecule has 0 N–H and O–H groups in total. The summed E-state index contributed by atoms with van der Waals surface area (Å²) in [4.78, 5) is 7.33. The third kappa shape index (κ3) is 3.95. The minimum atomic E-state index is 0.417. The molecule has 2 rings (SSSR count). The minimum Gasteiger partial charge on any atom is -0.497 e. The number of rotatable bonds is 5. The molecule has 1 saturated heterocycles. The Bertz CT molecular complexity index is 399. The van der Waals surface area contributed by atoms with Gasteiger partial charge in [-0.15, -0.1) is 0 Å². The van der Waals surface area contributed by atoms with E-state index in [0.717, 1.165) is 25.5 Å². The van der Waals surface area contributed by atoms with E-state index >= 15 is 0 Å². The van der Waals surface area contributed by atoms with Gasteiger partial charge in [0.15, 0.2) is 0 Å². The van der Waals surface area contributed by atoms with Crippen LogP contribution in [0, 0.1) is 0 Å². The average Bonchev–Trinajstić information content (AvgIpc) is 2.49. The lowest BCUT2D eigenvalue weighted by molar-refractivity contribution is 0.0791. The van der Waals surface area contributed by atoms with Crippen LogP contribution in [-0.4, -0.2) is 68.8 Å². The second-order valence-electron chi connectivity index (χ2n) is 5.77. The van der Waals surface area contributed by atoms with Gasteiger partial charge in [0.2, 0.25) is 0 Å². The van der Waals surface area contributed by atoms with Crippen molar-refractivity contribution in [3.63, 3.8) is 0 Å². The van der Waals surface area contributed by atoms with Crippen molar-refractivity contribution in [2.24, 2.45) is 0 Å². The van der Waals surface area contributed by atoms with Gasteiger partial charge in [0.25, 0.3) is 0 Å². The molecule has 0 radical (unpaired) electrons. The lowest BCUT2D eigenvalue weighted by Crippen LogP contribution is -2.48. The SMILES string of the molecule is COc1ccc([C@@H](C)N(C)CN2CCN(C)CC2)cc1. The summed E-state index contributed by atoms with van der Waals surface area (Å²) in [6, 6.07) is 8.81. The Balaban J connectivity index is 1.88. The lowest BCUT2D eigenvalue weighted by Gasteiger charge is -2.36. The summed E-state index contributed by atoms with van der Waals surface area (Å²) in [6.45, 7) is 7.96. The molecule has 1 aromatic rings. The maximum absolute atomic E-state index is 5.21. The zero-order valence-corrected chi connectivity index (χ0v) is 13.2. The standard InChI is InChI=1S/C16H27N3O/c1-14(15-5-7-16(20-4)8-6-15)18(3)13-19-11-9-17(2)10-12-19/h5-8,14H,9-13H2,1-4H3/t14-/m1/s1. The number of methoxy groups -OCH3 is 1. The van der Waals surface area contributed by atoms with Crippen LogP contribution in [0.15, 0.2) is 24.3 Å². The van der Waals surface area contributed by atoms with Gasteiger partial charge in [0.05, 0.1) is 13.8 Å². The Morgan fingerprint density at radius 1 is 1.15 bits per heavy atom. The molecule has 1 aromatic carbocycles. The zero-order chi connectivity index (χ0) is 14.5. The van der Waals surface area contributed by atoms with Gasteiger partial charge in [-0.1, -0.05) is 12.1 Å². The van der Waals surface area contributed by atoms with Crippen LogP contribution in [0.5, 0.6) is 5.75 Å². The topological polar surface area (TPSA) is 19.0 Å². The van der Waals surface area contributed by atoms with E-state index in [4.69, 9.17) is 4.74 Å². The van der Waals surface area contributed by atoms with Crippen molar-refractivity contribution in [1.29, 1.82) is 0 Å². The van der Waals surface area contributed by atoms with Gasteiger partial charge >= 0.3 is 0 Å². The summed E-state index contributed by atoms with van der Waals surface area (Å²) in [6.07, 6.45) is 0. The summed E-state index contributed by atoms with van der Waals surface area (Å²) < 4.78 is 5.21. The highest BCUT2D eigenvalue weighted by molar-refractivity contribution is 5.28. The van der Waals surface area contributed by atoms with Crippen molar-refractivity contribution in [3.8, 4) is 5.75 Å². The number of likely N-dealkylation sites (N-methyl/N-ethyl adjacent to an activating group) is 1. The van der Waals surface area contributed by atoms with Crippen molar-refractivity contribution in [3.05, 3.63) is 29.8 Å². The average molecular weight is 277 g/mol. The van der Waals surface area contributed by atoms with Crippen molar-refractivity contribution in [1.82, 2.24) is 14.7 Å². The van der Waals surface area contributed by atoms with E-state index in [9.17, 15) is 0 Å². The molecule has 4 nitrogen and oxygen atoms in total. The molecule has 0 aromatic heterocycles. The molecular formula is C16H27N3O. The van der Waals surface area contributed by atoms with Crippen LogP contribution in [0.25, 0.3) is 0 Å². The highest BCUT2D eigenvalue weighted by atomic mass is 16.5. The fraction of sp³-hybridized carbons (Fsp3) is 0.625. The summed E-state index contributed by atoms with van der Waals surface area (Å²) in [7, 11) is 6.10. The fourth-order valence-corrected chi connectivity index (χ4v) is 2.56. The van der Waals surface area contributed by atoms with E-state index in [0.29, 0.717) is 6.04 Å². The van der Waals surface area contributed by atoms with Crippen molar-refractivity contribution in [2.45, 2.75) is 13.0 Å². The number of hydrogen-bond donors (Lipinski definition) is 0. The van der Waals surface area contributed by atoms with Crippen molar-refractivity contribution < 1.29 is 4.74 Å². The van der Waals surface area contributed by atoms with E-state index in [1.54, 1.807) is 7.11 Å². The Kier molecular flexibility index (Phi) is 5.40. The van der Waals surface area contributed by atoms with Gasteiger partial charge in [-0.25, -0.2) is 0 Å². The second kappa shape index (κ2) is 7.07. The van der Waals surface area contributed by atoms with Gasteiger partial charge in [-0.05, 0) is 38.7 Å². The molecule has 1 aliphatic heterocycles. The normalized spacial score (nSPS) is 19.2.